The van der Waals surface area contributed by atoms with Gasteiger partial charge in [0.1, 0.15) is 12.1 Å². The largest absolute Gasteiger partial charge is 0.504 e. The maximum absolute atomic E-state index is 14.1. The number of aromatic nitrogens is 3. The zero-order valence-corrected chi connectivity index (χ0v) is 30.7. The van der Waals surface area contributed by atoms with Crippen molar-refractivity contribution >= 4 is 34.9 Å². The van der Waals surface area contributed by atoms with Gasteiger partial charge >= 0.3 is 0 Å². The number of carbonyl (C=O) groups excluding carboxylic acids is 3. The summed E-state index contributed by atoms with van der Waals surface area (Å²) in [6.45, 7) is 9.98. The van der Waals surface area contributed by atoms with Crippen molar-refractivity contribution in [2.75, 3.05) is 54.4 Å². The molecular weight excluding hydrogens is 705 g/mol. The lowest BCUT2D eigenvalue weighted by molar-refractivity contribution is -0.136. The Balaban J connectivity index is 0.809. The first-order valence-corrected chi connectivity index (χ1v) is 18.8. The van der Waals surface area contributed by atoms with Gasteiger partial charge in [0.2, 0.25) is 17.7 Å². The molecule has 1 unspecified atom stereocenters. The van der Waals surface area contributed by atoms with Crippen LogP contribution >= 0.6 is 0 Å². The number of aryl methyl sites for hydroxylation is 1. The second kappa shape index (κ2) is 13.5. The molecule has 0 bridgehead atoms. The minimum Gasteiger partial charge on any atom is -0.504 e. The maximum atomic E-state index is 14.1. The number of pyridine rings is 1. The first kappa shape index (κ1) is 34.9. The van der Waals surface area contributed by atoms with E-state index in [-0.39, 0.29) is 35.4 Å². The summed E-state index contributed by atoms with van der Waals surface area (Å²) in [7, 11) is 0. The van der Waals surface area contributed by atoms with E-state index in [2.05, 4.69) is 55.4 Å². The van der Waals surface area contributed by atoms with Crippen LogP contribution in [0.5, 0.6) is 11.6 Å². The van der Waals surface area contributed by atoms with Gasteiger partial charge in [-0.25, -0.2) is 9.37 Å². The molecule has 0 aliphatic carbocycles. The molecule has 3 amide bonds. The van der Waals surface area contributed by atoms with Crippen molar-refractivity contribution < 1.29 is 28.6 Å². The van der Waals surface area contributed by atoms with Gasteiger partial charge in [-0.2, -0.15) is 0 Å². The first-order chi connectivity index (χ1) is 26.5. The molecule has 5 aliphatic rings. The number of amides is 3. The molecule has 0 saturated carbocycles. The Morgan fingerprint density at radius 2 is 1.87 bits per heavy atom. The van der Waals surface area contributed by atoms with Crippen LogP contribution in [0.2, 0.25) is 0 Å². The van der Waals surface area contributed by atoms with Crippen molar-refractivity contribution in [3.05, 3.63) is 82.8 Å². The highest BCUT2D eigenvalue weighted by atomic mass is 19.1. The van der Waals surface area contributed by atoms with Crippen molar-refractivity contribution in [2.45, 2.75) is 63.9 Å². The molecule has 0 radical (unpaired) electrons. The summed E-state index contributed by atoms with van der Waals surface area (Å²) < 4.78 is 20.6. The standard InChI is InChI=1S/C40H42FN9O5/c1-23-14-35(55-27-17-40(2)22-43-37-33(50(40)21-27)16-31(45-46-37)28-4-3-5-30(41)36(28)52)42-18-25(23)19-47-10-12-48(13-11-47)26-7-6-24-20-49(39(54)29(24)15-26)32-8-9-34(51)44-38(32)53/h3-7,14-16,18,27,32,52H,8-13,17,19-22H2,1-2H3,(H,43,46)(H,44,51,53)/t27-,32?,40-/m1/s1. The van der Waals surface area contributed by atoms with E-state index in [1.807, 2.05) is 30.5 Å². The normalized spacial score (nSPS) is 23.6. The summed E-state index contributed by atoms with van der Waals surface area (Å²) in [5.74, 6) is -0.793. The summed E-state index contributed by atoms with van der Waals surface area (Å²) in [6.07, 6.45) is 3.12. The lowest BCUT2D eigenvalue weighted by Crippen LogP contribution is -2.52. The molecule has 3 fully saturated rings. The molecule has 55 heavy (non-hydrogen) atoms. The molecule has 2 aromatic carbocycles. The van der Waals surface area contributed by atoms with Crippen molar-refractivity contribution in [3.8, 4) is 22.9 Å². The van der Waals surface area contributed by atoms with Gasteiger partial charge in [0.25, 0.3) is 5.91 Å². The summed E-state index contributed by atoms with van der Waals surface area (Å²) in [6, 6.07) is 13.6. The zero-order valence-electron chi connectivity index (χ0n) is 30.7. The van der Waals surface area contributed by atoms with Crippen LogP contribution < -0.4 is 25.2 Å². The number of para-hydroxylation sites is 1. The van der Waals surface area contributed by atoms with Crippen LogP contribution in [0.1, 0.15) is 53.2 Å². The molecule has 3 saturated heterocycles. The Bertz CT molecular complexity index is 2230. The number of anilines is 3. The second-order valence-corrected chi connectivity index (χ2v) is 15.5. The maximum Gasteiger partial charge on any atom is 0.255 e. The lowest BCUT2D eigenvalue weighted by atomic mass is 9.95. The summed E-state index contributed by atoms with van der Waals surface area (Å²) in [4.78, 5) is 50.7. The van der Waals surface area contributed by atoms with Crippen LogP contribution in [0.3, 0.4) is 0 Å². The van der Waals surface area contributed by atoms with Gasteiger partial charge in [-0.15, -0.1) is 10.2 Å². The Kier molecular flexibility index (Phi) is 8.56. The Labute approximate surface area is 317 Å². The van der Waals surface area contributed by atoms with E-state index in [1.165, 1.54) is 12.1 Å². The number of hydrogen-bond acceptors (Lipinski definition) is 12. The third-order valence-corrected chi connectivity index (χ3v) is 11.8. The molecule has 9 rings (SSSR count). The number of hydrogen-bond donors (Lipinski definition) is 3. The van der Waals surface area contributed by atoms with E-state index in [1.54, 1.807) is 11.0 Å². The molecule has 284 valence electrons. The predicted molar refractivity (Wildman–Crippen MR) is 201 cm³/mol. The SMILES string of the molecule is Cc1cc(O[C@H]2CN3c4cc(-c5cccc(F)c5O)nnc4NC[C@@]3(C)C2)ncc1CN1CCN(c2ccc3c(c2)C(=O)N(C2CCC(=O)NC2=O)C3)CC1. The molecule has 0 spiro atoms. The monoisotopic (exact) mass is 747 g/mol. The first-order valence-electron chi connectivity index (χ1n) is 18.8. The number of imide groups is 1. The van der Waals surface area contributed by atoms with Crippen LogP contribution in [0.25, 0.3) is 11.3 Å². The number of rotatable bonds is 7. The molecule has 14 nitrogen and oxygen atoms in total. The number of carbonyl (C=O) groups is 3. The molecular formula is C40H42FN9O5. The molecule has 4 aromatic rings. The van der Waals surface area contributed by atoms with Gasteiger partial charge in [0.05, 0.1) is 23.5 Å². The van der Waals surface area contributed by atoms with Gasteiger partial charge in [-0.05, 0) is 67.3 Å². The number of piperidine rings is 1. The van der Waals surface area contributed by atoms with E-state index in [9.17, 15) is 23.9 Å². The number of phenolic OH excluding ortho intramolecular Hbond substituents is 1. The molecule has 7 heterocycles. The van der Waals surface area contributed by atoms with Crippen molar-refractivity contribution in [1.29, 1.82) is 0 Å². The number of piperazine rings is 1. The van der Waals surface area contributed by atoms with E-state index < -0.39 is 23.5 Å². The number of benzene rings is 2. The van der Waals surface area contributed by atoms with Gasteiger partial charge in [0, 0.05) is 87.7 Å². The lowest BCUT2D eigenvalue weighted by Gasteiger charge is -2.41. The zero-order chi connectivity index (χ0) is 38.0. The van der Waals surface area contributed by atoms with Crippen molar-refractivity contribution in [1.82, 2.24) is 30.3 Å². The highest BCUT2D eigenvalue weighted by Gasteiger charge is 2.47. The highest BCUT2D eigenvalue weighted by Crippen LogP contribution is 2.44. The van der Waals surface area contributed by atoms with Crippen LogP contribution in [-0.4, -0.2) is 105 Å². The molecule has 5 aliphatic heterocycles. The van der Waals surface area contributed by atoms with E-state index in [0.717, 1.165) is 67.2 Å². The average Bonchev–Trinajstić information content (AvgIpc) is 3.69. The molecule has 3 N–H and O–H groups in total. The minimum absolute atomic E-state index is 0.127. The van der Waals surface area contributed by atoms with Gasteiger partial charge < -0.3 is 29.9 Å². The fourth-order valence-corrected chi connectivity index (χ4v) is 8.67. The second-order valence-electron chi connectivity index (χ2n) is 15.5. The number of nitrogens with one attached hydrogen (secondary N) is 2. The fraction of sp³-hybridized carbons (Fsp3) is 0.400. The number of fused-ring (bicyclic) bond motifs is 4. The number of nitrogens with zero attached hydrogens (tertiary/aromatic N) is 7. The van der Waals surface area contributed by atoms with E-state index in [4.69, 9.17) is 9.72 Å². The van der Waals surface area contributed by atoms with Gasteiger partial charge in [-0.3, -0.25) is 24.6 Å². The van der Waals surface area contributed by atoms with Crippen molar-refractivity contribution in [3.63, 3.8) is 0 Å². The van der Waals surface area contributed by atoms with E-state index >= 15 is 0 Å². The Morgan fingerprint density at radius 1 is 1.04 bits per heavy atom. The van der Waals surface area contributed by atoms with Crippen LogP contribution in [0.15, 0.2) is 54.7 Å². The van der Waals surface area contributed by atoms with Crippen LogP contribution in [0, 0.1) is 12.7 Å². The number of phenols is 1. The number of aromatic hydroxyl groups is 1. The van der Waals surface area contributed by atoms with Gasteiger partial charge in [-0.1, -0.05) is 12.1 Å². The number of ether oxygens (including phenoxy) is 1. The molecule has 3 atom stereocenters. The summed E-state index contributed by atoms with van der Waals surface area (Å²) in [5, 5.41) is 24.7. The summed E-state index contributed by atoms with van der Waals surface area (Å²) in [5.41, 5.74) is 6.01. The highest BCUT2D eigenvalue weighted by molar-refractivity contribution is 6.05. The van der Waals surface area contributed by atoms with Crippen LogP contribution in [-0.2, 0) is 22.7 Å². The fourth-order valence-electron chi connectivity index (χ4n) is 8.67. The van der Waals surface area contributed by atoms with Crippen molar-refractivity contribution in [2.24, 2.45) is 0 Å². The van der Waals surface area contributed by atoms with Crippen LogP contribution in [0.4, 0.5) is 21.6 Å². The third kappa shape index (κ3) is 6.35. The average molecular weight is 748 g/mol. The topological polar surface area (TPSA) is 156 Å². The Morgan fingerprint density at radius 3 is 2.67 bits per heavy atom. The molecule has 2 aromatic heterocycles. The molecule has 15 heteroatoms. The summed E-state index contributed by atoms with van der Waals surface area (Å²) >= 11 is 0. The smallest absolute Gasteiger partial charge is 0.255 e. The van der Waals surface area contributed by atoms with E-state index in [0.29, 0.717) is 49.0 Å². The third-order valence-electron chi connectivity index (χ3n) is 11.8. The van der Waals surface area contributed by atoms with Gasteiger partial charge in [0.15, 0.2) is 17.4 Å². The Hall–Kier alpha value is -5.83. The minimum atomic E-state index is -0.708. The predicted octanol–water partition coefficient (Wildman–Crippen LogP) is 3.62. The number of halogens is 1. The quantitative estimate of drug-likeness (QED) is 0.237.